The molecule has 0 unspecified atom stereocenters. The summed E-state index contributed by atoms with van der Waals surface area (Å²) in [5, 5.41) is 1.05. The first kappa shape index (κ1) is 15.4. The lowest BCUT2D eigenvalue weighted by Gasteiger charge is -2.15. The Bertz CT molecular complexity index is 551. The fourth-order valence-corrected chi connectivity index (χ4v) is 2.22. The van der Waals surface area contributed by atoms with E-state index in [1.807, 2.05) is 0 Å². The van der Waals surface area contributed by atoms with Crippen molar-refractivity contribution in [3.8, 4) is 0 Å². The Morgan fingerprint density at radius 2 is 1.79 bits per heavy atom. The minimum atomic E-state index is -3.47. The van der Waals surface area contributed by atoms with E-state index in [1.54, 1.807) is 39.0 Å². The fraction of sp³-hybridized carbons (Fsp3) is 0.357. The van der Waals surface area contributed by atoms with Crippen LogP contribution in [0.2, 0.25) is 0 Å². The second-order valence-corrected chi connectivity index (χ2v) is 6.91. The van der Waals surface area contributed by atoms with Crippen LogP contribution >= 0.6 is 0 Å². The van der Waals surface area contributed by atoms with Crippen LogP contribution in [-0.4, -0.2) is 21.0 Å². The van der Waals surface area contributed by atoms with Crippen LogP contribution in [0.5, 0.6) is 0 Å². The van der Waals surface area contributed by atoms with Gasteiger partial charge >= 0.3 is 5.97 Å². The zero-order valence-electron chi connectivity index (χ0n) is 11.3. The van der Waals surface area contributed by atoms with E-state index in [0.717, 1.165) is 5.41 Å². The van der Waals surface area contributed by atoms with E-state index in [1.165, 1.54) is 18.2 Å². The summed E-state index contributed by atoms with van der Waals surface area (Å²) in [7, 11) is -3.47. The molecular formula is C14H18O4S. The number of carbonyl (C=O) groups excluding carboxylic acids is 1. The van der Waals surface area contributed by atoms with Gasteiger partial charge in [0.1, 0.15) is 6.61 Å². The molecule has 0 aliphatic rings. The highest BCUT2D eigenvalue weighted by atomic mass is 32.2. The molecule has 0 radical (unpaired) electrons. The number of rotatable bonds is 4. The van der Waals surface area contributed by atoms with Gasteiger partial charge < -0.3 is 4.74 Å². The molecule has 0 amide bonds. The molecule has 0 saturated carbocycles. The molecule has 0 bridgehead atoms. The maximum Gasteiger partial charge on any atom is 0.311 e. The lowest BCUT2D eigenvalue weighted by molar-refractivity contribution is -0.151. The van der Waals surface area contributed by atoms with E-state index in [9.17, 15) is 13.2 Å². The van der Waals surface area contributed by atoms with Crippen LogP contribution in [0.25, 0.3) is 0 Å². The Kier molecular flexibility index (Phi) is 4.89. The number of sulfone groups is 1. The quantitative estimate of drug-likeness (QED) is 0.796. The third-order valence-corrected chi connectivity index (χ3v) is 3.75. The van der Waals surface area contributed by atoms with E-state index in [2.05, 4.69) is 0 Å². The predicted molar refractivity (Wildman–Crippen MR) is 73.2 cm³/mol. The molecule has 0 N–H and O–H groups in total. The largest absolute Gasteiger partial charge is 0.461 e. The maximum atomic E-state index is 11.8. The van der Waals surface area contributed by atoms with Crippen molar-refractivity contribution in [3.63, 3.8) is 0 Å². The number of hydrogen-bond donors (Lipinski definition) is 0. The third-order valence-electron chi connectivity index (χ3n) is 2.27. The molecule has 0 atom stereocenters. The molecule has 4 nitrogen and oxygen atoms in total. The highest BCUT2D eigenvalue weighted by molar-refractivity contribution is 7.94. The standard InChI is InChI=1S/C14H18O4S/c1-14(2,3)13(15)18-10-7-11-19(16,17)12-8-5-4-6-9-12/h4-9,11H,10H2,1-3H3/b11-7+. The number of benzene rings is 1. The first-order valence-electron chi connectivity index (χ1n) is 5.87. The molecule has 1 rings (SSSR count). The third kappa shape index (κ3) is 4.87. The van der Waals surface area contributed by atoms with Gasteiger partial charge in [-0.3, -0.25) is 4.79 Å². The van der Waals surface area contributed by atoms with Gasteiger partial charge in [-0.15, -0.1) is 0 Å². The summed E-state index contributed by atoms with van der Waals surface area (Å²) in [4.78, 5) is 11.7. The highest BCUT2D eigenvalue weighted by Gasteiger charge is 2.22. The molecular weight excluding hydrogens is 264 g/mol. The average molecular weight is 282 g/mol. The summed E-state index contributed by atoms with van der Waals surface area (Å²) in [5.41, 5.74) is -0.591. The molecule has 0 heterocycles. The van der Waals surface area contributed by atoms with Crippen molar-refractivity contribution in [2.75, 3.05) is 6.61 Å². The summed E-state index contributed by atoms with van der Waals surface area (Å²) in [6.07, 6.45) is 1.33. The van der Waals surface area contributed by atoms with Crippen LogP contribution < -0.4 is 0 Å². The van der Waals surface area contributed by atoms with Gasteiger partial charge in [0.25, 0.3) is 0 Å². The van der Waals surface area contributed by atoms with Crippen LogP contribution in [0.1, 0.15) is 20.8 Å². The van der Waals surface area contributed by atoms with Crippen molar-refractivity contribution in [2.45, 2.75) is 25.7 Å². The van der Waals surface area contributed by atoms with Crippen molar-refractivity contribution >= 4 is 15.8 Å². The zero-order valence-corrected chi connectivity index (χ0v) is 12.1. The Labute approximate surface area is 114 Å². The SMILES string of the molecule is CC(C)(C)C(=O)OC/C=C/S(=O)(=O)c1ccccc1. The Morgan fingerprint density at radius 3 is 2.32 bits per heavy atom. The van der Waals surface area contributed by atoms with Crippen molar-refractivity contribution in [1.29, 1.82) is 0 Å². The van der Waals surface area contributed by atoms with Gasteiger partial charge in [0.2, 0.25) is 0 Å². The molecule has 19 heavy (non-hydrogen) atoms. The van der Waals surface area contributed by atoms with Crippen LogP contribution in [0.3, 0.4) is 0 Å². The Balaban J connectivity index is 2.61. The van der Waals surface area contributed by atoms with Gasteiger partial charge in [0.05, 0.1) is 10.3 Å². The smallest absolute Gasteiger partial charge is 0.311 e. The van der Waals surface area contributed by atoms with E-state index < -0.39 is 15.3 Å². The van der Waals surface area contributed by atoms with Gasteiger partial charge in [0.15, 0.2) is 9.84 Å². The average Bonchev–Trinajstić information content (AvgIpc) is 2.34. The minimum Gasteiger partial charge on any atom is -0.461 e. The summed E-state index contributed by atoms with van der Waals surface area (Å²) >= 11 is 0. The van der Waals surface area contributed by atoms with Crippen molar-refractivity contribution in [2.24, 2.45) is 5.41 Å². The van der Waals surface area contributed by atoms with E-state index in [0.29, 0.717) is 0 Å². The molecule has 0 saturated heterocycles. The highest BCUT2D eigenvalue weighted by Crippen LogP contribution is 2.15. The number of hydrogen-bond acceptors (Lipinski definition) is 4. The molecule has 0 aromatic heterocycles. The van der Waals surface area contributed by atoms with Gasteiger partial charge in [-0.25, -0.2) is 8.42 Å². The predicted octanol–water partition coefficient (Wildman–Crippen LogP) is 2.56. The first-order valence-corrected chi connectivity index (χ1v) is 7.42. The van der Waals surface area contributed by atoms with Crippen LogP contribution in [-0.2, 0) is 19.4 Å². The van der Waals surface area contributed by atoms with Crippen molar-refractivity contribution in [3.05, 3.63) is 41.8 Å². The van der Waals surface area contributed by atoms with Crippen LogP contribution in [0.4, 0.5) is 0 Å². The van der Waals surface area contributed by atoms with Gasteiger partial charge in [-0.2, -0.15) is 0 Å². The van der Waals surface area contributed by atoms with Crippen LogP contribution in [0.15, 0.2) is 46.7 Å². The van der Waals surface area contributed by atoms with Gasteiger partial charge in [0, 0.05) is 5.41 Å². The molecule has 1 aromatic rings. The van der Waals surface area contributed by atoms with E-state index >= 15 is 0 Å². The fourth-order valence-electron chi connectivity index (χ4n) is 1.20. The second kappa shape index (κ2) is 6.02. The summed E-state index contributed by atoms with van der Waals surface area (Å²) < 4.78 is 28.6. The summed E-state index contributed by atoms with van der Waals surface area (Å²) in [5.74, 6) is -0.366. The molecule has 0 aliphatic carbocycles. The van der Waals surface area contributed by atoms with E-state index in [4.69, 9.17) is 4.74 Å². The van der Waals surface area contributed by atoms with Gasteiger partial charge in [-0.1, -0.05) is 18.2 Å². The Morgan fingerprint density at radius 1 is 1.21 bits per heavy atom. The molecule has 0 aliphatic heterocycles. The monoisotopic (exact) mass is 282 g/mol. The number of carbonyl (C=O) groups is 1. The molecule has 5 heteroatoms. The Hall–Kier alpha value is -1.62. The van der Waals surface area contributed by atoms with Crippen molar-refractivity contribution < 1.29 is 17.9 Å². The van der Waals surface area contributed by atoms with Gasteiger partial charge in [-0.05, 0) is 39.0 Å². The summed E-state index contributed by atoms with van der Waals surface area (Å²) in [6.45, 7) is 5.15. The minimum absolute atomic E-state index is 0.0534. The maximum absolute atomic E-state index is 11.8. The van der Waals surface area contributed by atoms with Crippen LogP contribution in [0, 0.1) is 5.41 Å². The first-order chi connectivity index (χ1) is 8.73. The van der Waals surface area contributed by atoms with E-state index in [-0.39, 0.29) is 17.5 Å². The molecule has 0 fully saturated rings. The molecule has 0 spiro atoms. The second-order valence-electron chi connectivity index (χ2n) is 5.08. The number of esters is 1. The lowest BCUT2D eigenvalue weighted by atomic mass is 9.97. The molecule has 104 valence electrons. The topological polar surface area (TPSA) is 60.4 Å². The number of ether oxygens (including phenoxy) is 1. The normalized spacial score (nSPS) is 12.6. The molecule has 1 aromatic carbocycles. The lowest BCUT2D eigenvalue weighted by Crippen LogP contribution is -2.22. The summed E-state index contributed by atoms with van der Waals surface area (Å²) in [6, 6.07) is 8.08. The van der Waals surface area contributed by atoms with Crippen molar-refractivity contribution in [1.82, 2.24) is 0 Å². The zero-order chi connectivity index (χ0) is 14.5.